The van der Waals surface area contributed by atoms with Gasteiger partial charge in [0.05, 0.1) is 27.6 Å². The van der Waals surface area contributed by atoms with Gasteiger partial charge < -0.3 is 4.57 Å². The maximum absolute atomic E-state index is 13.9. The zero-order valence-corrected chi connectivity index (χ0v) is 15.8. The van der Waals surface area contributed by atoms with Crippen LogP contribution in [-0.4, -0.2) is 14.1 Å². The van der Waals surface area contributed by atoms with Crippen LogP contribution in [0.2, 0.25) is 0 Å². The molecule has 3 heterocycles. The summed E-state index contributed by atoms with van der Waals surface area (Å²) in [6.45, 7) is 0. The molecule has 6 rings (SSSR count). The average Bonchev–Trinajstić information content (AvgIpc) is 3.07. The lowest BCUT2D eigenvalue weighted by Gasteiger charge is -2.14. The van der Waals surface area contributed by atoms with Crippen LogP contribution in [0.15, 0.2) is 89.9 Å². The first-order chi connectivity index (χ1) is 14.3. The van der Waals surface area contributed by atoms with Gasteiger partial charge >= 0.3 is 0 Å². The van der Waals surface area contributed by atoms with Crippen molar-refractivity contribution in [3.8, 4) is 5.69 Å². The molecule has 4 heteroatoms. The molecule has 0 fully saturated rings. The summed E-state index contributed by atoms with van der Waals surface area (Å²) in [5.41, 5.74) is 4.51. The minimum atomic E-state index is -0.0198. The van der Waals surface area contributed by atoms with Gasteiger partial charge in [-0.1, -0.05) is 54.6 Å². The van der Waals surface area contributed by atoms with Gasteiger partial charge in [0.1, 0.15) is 0 Å². The van der Waals surface area contributed by atoms with Crippen molar-refractivity contribution < 1.29 is 0 Å². The summed E-state index contributed by atoms with van der Waals surface area (Å²) in [6.07, 6.45) is 1.77. The van der Waals surface area contributed by atoms with Crippen molar-refractivity contribution in [1.82, 2.24) is 14.1 Å². The van der Waals surface area contributed by atoms with Crippen molar-refractivity contribution >= 4 is 43.6 Å². The van der Waals surface area contributed by atoms with E-state index in [1.54, 1.807) is 6.20 Å². The molecule has 0 spiro atoms. The summed E-state index contributed by atoms with van der Waals surface area (Å²) in [7, 11) is 2.03. The summed E-state index contributed by atoms with van der Waals surface area (Å²) in [5.74, 6) is 0. The zero-order valence-electron chi connectivity index (χ0n) is 15.8. The van der Waals surface area contributed by atoms with Gasteiger partial charge in [-0.15, -0.1) is 0 Å². The van der Waals surface area contributed by atoms with Crippen LogP contribution >= 0.6 is 0 Å². The van der Waals surface area contributed by atoms with Crippen LogP contribution in [-0.2, 0) is 7.05 Å². The van der Waals surface area contributed by atoms with Crippen LogP contribution in [0.4, 0.5) is 0 Å². The van der Waals surface area contributed by atoms with Crippen LogP contribution in [0.5, 0.6) is 0 Å². The molecule has 0 N–H and O–H groups in total. The highest BCUT2D eigenvalue weighted by atomic mass is 16.1. The Balaban J connectivity index is 1.93. The molecule has 6 aromatic rings. The van der Waals surface area contributed by atoms with Gasteiger partial charge in [-0.3, -0.25) is 14.3 Å². The number of hydrogen-bond donors (Lipinski definition) is 0. The minimum absolute atomic E-state index is 0.0198. The number of benzene rings is 3. The van der Waals surface area contributed by atoms with E-state index in [-0.39, 0.29) is 5.56 Å². The molecule has 0 unspecified atom stereocenters. The number of para-hydroxylation sites is 3. The topological polar surface area (TPSA) is 39.8 Å². The fourth-order valence-electron chi connectivity index (χ4n) is 4.52. The number of nitrogens with zero attached hydrogens (tertiary/aromatic N) is 3. The number of aromatic nitrogens is 3. The fraction of sp³-hybridized carbons (Fsp3) is 0.0400. The standard InChI is InChI=1S/C25H17N3O/c1-27-19-12-4-2-10-17(19)22-24(27)18-11-3-5-13-20(18)28(25(22)29)21-14-6-8-16-9-7-15-26-23(16)21/h2-15H,1H3. The van der Waals surface area contributed by atoms with E-state index in [1.807, 2.05) is 78.3 Å². The molecule has 138 valence electrons. The molecule has 0 aliphatic heterocycles. The second-order valence-electron chi connectivity index (χ2n) is 7.31. The predicted molar refractivity (Wildman–Crippen MR) is 119 cm³/mol. The minimum Gasteiger partial charge on any atom is -0.343 e. The van der Waals surface area contributed by atoms with Gasteiger partial charge in [0.2, 0.25) is 0 Å². The Morgan fingerprint density at radius 1 is 0.759 bits per heavy atom. The van der Waals surface area contributed by atoms with Crippen molar-refractivity contribution in [2.24, 2.45) is 7.05 Å². The summed E-state index contributed by atoms with van der Waals surface area (Å²) < 4.78 is 3.94. The molecule has 0 aliphatic rings. The summed E-state index contributed by atoms with van der Waals surface area (Å²) in [5, 5.41) is 3.78. The Morgan fingerprint density at radius 3 is 2.34 bits per heavy atom. The Kier molecular flexibility index (Phi) is 3.21. The highest BCUT2D eigenvalue weighted by Crippen LogP contribution is 2.32. The molecule has 0 amide bonds. The second-order valence-corrected chi connectivity index (χ2v) is 7.31. The van der Waals surface area contributed by atoms with Crippen LogP contribution in [0.25, 0.3) is 49.3 Å². The first-order valence-corrected chi connectivity index (χ1v) is 9.61. The van der Waals surface area contributed by atoms with Crippen molar-refractivity contribution in [3.63, 3.8) is 0 Å². The average molecular weight is 375 g/mol. The number of pyridine rings is 2. The van der Waals surface area contributed by atoms with Crippen molar-refractivity contribution in [3.05, 3.63) is 95.4 Å². The molecule has 0 bridgehead atoms. The van der Waals surface area contributed by atoms with E-state index >= 15 is 0 Å². The molecule has 0 aliphatic carbocycles. The van der Waals surface area contributed by atoms with E-state index in [4.69, 9.17) is 0 Å². The lowest BCUT2D eigenvalue weighted by atomic mass is 10.1. The molecule has 0 saturated carbocycles. The Morgan fingerprint density at radius 2 is 1.48 bits per heavy atom. The maximum atomic E-state index is 13.9. The lowest BCUT2D eigenvalue weighted by molar-refractivity contribution is 1.01. The second kappa shape index (κ2) is 5.79. The molecule has 0 radical (unpaired) electrons. The maximum Gasteiger partial charge on any atom is 0.265 e. The van der Waals surface area contributed by atoms with E-state index in [0.717, 1.165) is 49.3 Å². The van der Waals surface area contributed by atoms with Crippen molar-refractivity contribution in [2.75, 3.05) is 0 Å². The third kappa shape index (κ3) is 2.08. The third-order valence-electron chi connectivity index (χ3n) is 5.78. The number of rotatable bonds is 1. The van der Waals surface area contributed by atoms with E-state index < -0.39 is 0 Å². The molecule has 4 nitrogen and oxygen atoms in total. The normalized spacial score (nSPS) is 11.8. The fourth-order valence-corrected chi connectivity index (χ4v) is 4.52. The molecular weight excluding hydrogens is 358 g/mol. The van der Waals surface area contributed by atoms with Crippen molar-refractivity contribution in [1.29, 1.82) is 0 Å². The summed E-state index contributed by atoms with van der Waals surface area (Å²) in [6, 6.07) is 26.1. The van der Waals surface area contributed by atoms with Gasteiger partial charge in [0, 0.05) is 34.9 Å². The Hall–Kier alpha value is -3.92. The SMILES string of the molecule is Cn1c2ccccc2c2c(=O)n(-c3cccc4cccnc34)c3ccccc3c21. The van der Waals surface area contributed by atoms with E-state index in [0.29, 0.717) is 0 Å². The van der Waals surface area contributed by atoms with E-state index in [2.05, 4.69) is 21.7 Å². The molecule has 3 aromatic carbocycles. The Labute approximate surface area is 166 Å². The first-order valence-electron chi connectivity index (χ1n) is 9.61. The first kappa shape index (κ1) is 16.1. The largest absolute Gasteiger partial charge is 0.343 e. The molecule has 0 atom stereocenters. The van der Waals surface area contributed by atoms with Crippen LogP contribution in [0.3, 0.4) is 0 Å². The van der Waals surface area contributed by atoms with Gasteiger partial charge in [-0.05, 0) is 24.3 Å². The summed E-state index contributed by atoms with van der Waals surface area (Å²) >= 11 is 0. The molecule has 3 aromatic heterocycles. The van der Waals surface area contributed by atoms with Gasteiger partial charge in [-0.25, -0.2) is 0 Å². The van der Waals surface area contributed by atoms with Crippen LogP contribution in [0.1, 0.15) is 0 Å². The Bertz CT molecular complexity index is 1630. The molecule has 0 saturated heterocycles. The van der Waals surface area contributed by atoms with Crippen LogP contribution < -0.4 is 5.56 Å². The monoisotopic (exact) mass is 375 g/mol. The van der Waals surface area contributed by atoms with Gasteiger partial charge in [0.25, 0.3) is 5.56 Å². The molecule has 29 heavy (non-hydrogen) atoms. The quantitative estimate of drug-likeness (QED) is 0.397. The van der Waals surface area contributed by atoms with E-state index in [9.17, 15) is 4.79 Å². The molecular formula is C25H17N3O. The van der Waals surface area contributed by atoms with Gasteiger partial charge in [0.15, 0.2) is 0 Å². The zero-order chi connectivity index (χ0) is 19.5. The lowest BCUT2D eigenvalue weighted by Crippen LogP contribution is -2.19. The van der Waals surface area contributed by atoms with E-state index in [1.165, 1.54) is 0 Å². The smallest absolute Gasteiger partial charge is 0.265 e. The van der Waals surface area contributed by atoms with Gasteiger partial charge in [-0.2, -0.15) is 0 Å². The van der Waals surface area contributed by atoms with Crippen molar-refractivity contribution in [2.45, 2.75) is 0 Å². The highest BCUT2D eigenvalue weighted by Gasteiger charge is 2.19. The number of hydrogen-bond acceptors (Lipinski definition) is 2. The third-order valence-corrected chi connectivity index (χ3v) is 5.78. The predicted octanol–water partition coefficient (Wildman–Crippen LogP) is 5.18. The highest BCUT2D eigenvalue weighted by molar-refractivity contribution is 6.17. The summed E-state index contributed by atoms with van der Waals surface area (Å²) in [4.78, 5) is 18.5. The van der Waals surface area contributed by atoms with Crippen LogP contribution in [0, 0.1) is 0 Å². The number of aryl methyl sites for hydroxylation is 1. The number of fused-ring (bicyclic) bond motifs is 6.